The number of rotatable bonds is 9. The highest BCUT2D eigenvalue weighted by Crippen LogP contribution is 2.39. The van der Waals surface area contributed by atoms with Gasteiger partial charge in [-0.1, -0.05) is 29.7 Å². The number of aromatic nitrogens is 4. The summed E-state index contributed by atoms with van der Waals surface area (Å²) < 4.78 is 7.37. The lowest BCUT2D eigenvalue weighted by Crippen LogP contribution is -2.37. The monoisotopic (exact) mass is 531 g/mol. The molecule has 1 fully saturated rings. The second-order valence-electron chi connectivity index (χ2n) is 9.20. The number of ether oxygens (including phenoxy) is 1. The van der Waals surface area contributed by atoms with Crippen LogP contribution in [0.15, 0.2) is 73.2 Å². The molecule has 0 aliphatic heterocycles. The smallest absolute Gasteiger partial charge is 0.338 e. The van der Waals surface area contributed by atoms with Crippen LogP contribution in [0, 0.1) is 11.1 Å². The Balaban J connectivity index is 1.41. The van der Waals surface area contributed by atoms with E-state index in [4.69, 9.17) is 16.3 Å². The first-order valence-corrected chi connectivity index (χ1v) is 12.8. The molecule has 1 aliphatic carbocycles. The zero-order valence-corrected chi connectivity index (χ0v) is 21.5. The summed E-state index contributed by atoms with van der Waals surface area (Å²) in [6, 6.07) is 15.3. The highest BCUT2D eigenvalue weighted by Gasteiger charge is 2.35. The average Bonchev–Trinajstić information content (AvgIpc) is 3.57. The van der Waals surface area contributed by atoms with E-state index in [-0.39, 0.29) is 12.5 Å². The van der Waals surface area contributed by atoms with E-state index in [9.17, 15) is 14.8 Å². The molecule has 1 unspecified atom stereocenters. The summed E-state index contributed by atoms with van der Waals surface area (Å²) in [5.74, 6) is -0.920. The quantitative estimate of drug-likeness (QED) is 0.186. The molecule has 10 heteroatoms. The molecular weight excluding hydrogens is 506 g/mol. The third kappa shape index (κ3) is 5.68. The molecule has 1 atom stereocenters. The maximum atomic E-state index is 13.4. The minimum absolute atomic E-state index is 0.274. The highest BCUT2D eigenvalue weighted by atomic mass is 35.5. The number of carbonyl (C=O) groups excluding carboxylic acids is 2. The van der Waals surface area contributed by atoms with Gasteiger partial charge in [0, 0.05) is 27.9 Å². The fraction of sp³-hybridized carbons (Fsp3) is 0.250. The van der Waals surface area contributed by atoms with Gasteiger partial charge >= 0.3 is 5.97 Å². The van der Waals surface area contributed by atoms with E-state index in [0.717, 1.165) is 23.3 Å². The molecule has 2 aromatic carbocycles. The molecular formula is C28H26ClN5O4. The van der Waals surface area contributed by atoms with Crippen molar-refractivity contribution >= 4 is 29.2 Å². The highest BCUT2D eigenvalue weighted by molar-refractivity contribution is 6.31. The molecule has 1 amide bonds. The van der Waals surface area contributed by atoms with Gasteiger partial charge in [-0.3, -0.25) is 4.79 Å². The van der Waals surface area contributed by atoms with Gasteiger partial charge in [-0.25, -0.2) is 9.48 Å². The molecule has 5 rings (SSSR count). The Bertz CT molecular complexity index is 1450. The van der Waals surface area contributed by atoms with Gasteiger partial charge in [0.05, 0.1) is 30.3 Å². The van der Waals surface area contributed by atoms with E-state index in [1.54, 1.807) is 66.5 Å². The Morgan fingerprint density at radius 3 is 2.63 bits per heavy atom. The predicted molar refractivity (Wildman–Crippen MR) is 142 cm³/mol. The molecule has 4 aromatic rings. The van der Waals surface area contributed by atoms with Crippen LogP contribution in [0.4, 0.5) is 5.69 Å². The van der Waals surface area contributed by atoms with Gasteiger partial charge in [-0.2, -0.15) is 4.73 Å². The zero-order chi connectivity index (χ0) is 26.6. The van der Waals surface area contributed by atoms with Crippen LogP contribution < -0.4 is 10.0 Å². The van der Waals surface area contributed by atoms with Gasteiger partial charge in [0.25, 0.3) is 0 Å². The maximum Gasteiger partial charge on any atom is 0.338 e. The Hall–Kier alpha value is -4.24. The molecule has 0 bridgehead atoms. The van der Waals surface area contributed by atoms with E-state index in [1.165, 1.54) is 6.20 Å². The minimum Gasteiger partial charge on any atom is -0.618 e. The van der Waals surface area contributed by atoms with Crippen LogP contribution in [0.5, 0.6) is 0 Å². The van der Waals surface area contributed by atoms with E-state index in [2.05, 4.69) is 15.6 Å². The Kier molecular flexibility index (Phi) is 7.37. The number of nitrogens with one attached hydrogen (secondary N) is 1. The van der Waals surface area contributed by atoms with Crippen LogP contribution >= 0.6 is 11.6 Å². The number of hydrogen-bond donors (Lipinski definition) is 1. The molecule has 2 aromatic heterocycles. The van der Waals surface area contributed by atoms with Gasteiger partial charge in [0.1, 0.15) is 5.92 Å². The lowest BCUT2D eigenvalue weighted by molar-refractivity contribution is -0.614. The summed E-state index contributed by atoms with van der Waals surface area (Å²) in [4.78, 5) is 25.3. The van der Waals surface area contributed by atoms with Crippen molar-refractivity contribution in [3.05, 3.63) is 94.7 Å². The van der Waals surface area contributed by atoms with Gasteiger partial charge in [-0.15, -0.1) is 5.10 Å². The summed E-state index contributed by atoms with van der Waals surface area (Å²) in [5.41, 5.74) is 3.37. The third-order valence-corrected chi connectivity index (χ3v) is 6.72. The molecule has 0 saturated heterocycles. The first kappa shape index (κ1) is 25.4. The fourth-order valence-corrected chi connectivity index (χ4v) is 4.55. The van der Waals surface area contributed by atoms with Crippen molar-refractivity contribution in [2.24, 2.45) is 5.92 Å². The summed E-state index contributed by atoms with van der Waals surface area (Å²) in [6.07, 6.45) is 7.40. The lowest BCUT2D eigenvalue weighted by Gasteiger charge is -2.17. The number of nitrogens with zero attached hydrogens (tertiary/aromatic N) is 4. The number of hydrogen-bond acceptors (Lipinski definition) is 6. The van der Waals surface area contributed by atoms with Crippen molar-refractivity contribution in [2.75, 3.05) is 11.9 Å². The van der Waals surface area contributed by atoms with Gasteiger partial charge in [0.15, 0.2) is 6.20 Å². The second-order valence-corrected chi connectivity index (χ2v) is 9.63. The Morgan fingerprint density at radius 2 is 1.97 bits per heavy atom. The molecule has 1 N–H and O–H groups in total. The largest absolute Gasteiger partial charge is 0.618 e. The summed E-state index contributed by atoms with van der Waals surface area (Å²) >= 11 is 6.27. The third-order valence-electron chi connectivity index (χ3n) is 6.49. The fourth-order valence-electron chi connectivity index (χ4n) is 4.38. The van der Waals surface area contributed by atoms with E-state index < -0.39 is 11.9 Å². The van der Waals surface area contributed by atoms with Crippen molar-refractivity contribution in [1.82, 2.24) is 15.0 Å². The van der Waals surface area contributed by atoms with Crippen molar-refractivity contribution < 1.29 is 19.1 Å². The minimum atomic E-state index is -0.632. The Morgan fingerprint density at radius 1 is 1.18 bits per heavy atom. The van der Waals surface area contributed by atoms with E-state index in [1.807, 2.05) is 12.1 Å². The van der Waals surface area contributed by atoms with Gasteiger partial charge in [-0.05, 0) is 67.8 Å². The Labute approximate surface area is 224 Å². The summed E-state index contributed by atoms with van der Waals surface area (Å²) in [7, 11) is 0. The number of pyridine rings is 1. The molecule has 0 radical (unpaired) electrons. The standard InChI is InChI=1S/C28H26ClN5O4/c1-2-38-28(36)19-5-9-22(10-6-19)31-27(35)24(15-18-3-4-18)26-11-7-20(17-34(26)37)23-16-21(29)8-12-25(23)33-14-13-30-32-33/h5-14,16-18,24H,2-4,15H2,1H3,(H,31,35). The SMILES string of the molecule is CCOC(=O)c1ccc(NC(=O)C(CC2CC2)c2ccc(-c3cc(Cl)ccc3-n3ccnn3)c[n+]2[O-])cc1. The van der Waals surface area contributed by atoms with Gasteiger partial charge in [0.2, 0.25) is 11.6 Å². The first-order valence-electron chi connectivity index (χ1n) is 12.4. The first-order chi connectivity index (χ1) is 18.4. The average molecular weight is 532 g/mol. The molecule has 38 heavy (non-hydrogen) atoms. The van der Waals surface area contributed by atoms with Crippen LogP contribution in [0.3, 0.4) is 0 Å². The number of esters is 1. The maximum absolute atomic E-state index is 13.4. The topological polar surface area (TPSA) is 113 Å². The predicted octanol–water partition coefficient (Wildman–Crippen LogP) is 4.92. The molecule has 9 nitrogen and oxygen atoms in total. The van der Waals surface area contributed by atoms with Crippen LogP contribution in [0.1, 0.15) is 48.2 Å². The van der Waals surface area contributed by atoms with Crippen molar-refractivity contribution in [1.29, 1.82) is 0 Å². The van der Waals surface area contributed by atoms with Gasteiger partial charge < -0.3 is 15.3 Å². The van der Waals surface area contributed by atoms with Crippen molar-refractivity contribution in [2.45, 2.75) is 32.1 Å². The van der Waals surface area contributed by atoms with Crippen molar-refractivity contribution in [3.63, 3.8) is 0 Å². The zero-order valence-electron chi connectivity index (χ0n) is 20.7. The molecule has 1 aliphatic rings. The summed E-state index contributed by atoms with van der Waals surface area (Å²) in [6.45, 7) is 2.03. The molecule has 1 saturated carbocycles. The van der Waals surface area contributed by atoms with Crippen LogP contribution in [0.25, 0.3) is 16.8 Å². The van der Waals surface area contributed by atoms with Crippen LogP contribution in [-0.4, -0.2) is 33.5 Å². The van der Waals surface area contributed by atoms with Crippen LogP contribution in [0.2, 0.25) is 5.02 Å². The molecule has 0 spiro atoms. The number of carbonyl (C=O) groups is 2. The molecule has 2 heterocycles. The van der Waals surface area contributed by atoms with E-state index >= 15 is 0 Å². The lowest BCUT2D eigenvalue weighted by atomic mass is 9.95. The van der Waals surface area contributed by atoms with E-state index in [0.29, 0.717) is 45.4 Å². The molecule has 194 valence electrons. The van der Waals surface area contributed by atoms with Crippen molar-refractivity contribution in [3.8, 4) is 16.8 Å². The normalized spacial score (nSPS) is 13.6. The van der Waals surface area contributed by atoms with Crippen LogP contribution in [-0.2, 0) is 9.53 Å². The summed E-state index contributed by atoms with van der Waals surface area (Å²) in [5, 5.41) is 24.6. The number of benzene rings is 2. The number of amides is 1. The number of halogens is 1. The number of anilines is 1. The second kappa shape index (κ2) is 11.0.